The van der Waals surface area contributed by atoms with Crippen molar-refractivity contribution in [2.24, 2.45) is 0 Å². The number of para-hydroxylation sites is 1. The average molecular weight is 486 g/mol. The average Bonchev–Trinajstić information content (AvgIpc) is 3.34. The highest BCUT2D eigenvalue weighted by Crippen LogP contribution is 2.24. The number of carbonyl (C=O) groups is 3. The second-order valence-corrected chi connectivity index (χ2v) is 9.63. The number of ether oxygens (including phenoxy) is 1. The summed E-state index contributed by atoms with van der Waals surface area (Å²) in [6, 6.07) is 13.3. The summed E-state index contributed by atoms with van der Waals surface area (Å²) in [6.45, 7) is 2.97. The molecule has 0 heterocycles. The summed E-state index contributed by atoms with van der Waals surface area (Å²) >= 11 is 0. The van der Waals surface area contributed by atoms with E-state index in [1.54, 1.807) is 30.3 Å². The van der Waals surface area contributed by atoms with E-state index in [1.165, 1.54) is 34.6 Å². The van der Waals surface area contributed by atoms with Crippen LogP contribution >= 0.6 is 0 Å². The molecule has 1 aliphatic carbocycles. The van der Waals surface area contributed by atoms with Gasteiger partial charge in [0.1, 0.15) is 0 Å². The summed E-state index contributed by atoms with van der Waals surface area (Å²) in [6.07, 6.45) is 5.25. The fourth-order valence-corrected chi connectivity index (χ4v) is 5.12. The van der Waals surface area contributed by atoms with Gasteiger partial charge in [-0.25, -0.2) is 18.0 Å². The number of benzene rings is 2. The maximum Gasteiger partial charge on any atom is 0.338 e. The van der Waals surface area contributed by atoms with Gasteiger partial charge in [-0.2, -0.15) is 0 Å². The molecule has 0 unspecified atom stereocenters. The van der Waals surface area contributed by atoms with Gasteiger partial charge in [-0.05, 0) is 43.2 Å². The van der Waals surface area contributed by atoms with Crippen molar-refractivity contribution in [2.45, 2.75) is 36.6 Å². The van der Waals surface area contributed by atoms with Gasteiger partial charge in [0.2, 0.25) is 0 Å². The molecule has 1 aliphatic rings. The lowest BCUT2D eigenvalue weighted by atomic mass is 10.2. The second kappa shape index (κ2) is 11.5. The monoisotopic (exact) mass is 485 g/mol. The molecular weight excluding hydrogens is 458 g/mol. The Labute approximate surface area is 198 Å². The van der Waals surface area contributed by atoms with Crippen molar-refractivity contribution in [1.29, 1.82) is 0 Å². The van der Waals surface area contributed by atoms with Crippen molar-refractivity contribution in [3.05, 3.63) is 72.8 Å². The molecule has 180 valence electrons. The molecule has 3 amide bonds. The summed E-state index contributed by atoms with van der Waals surface area (Å²) in [5, 5.41) is 4.82. The van der Waals surface area contributed by atoms with Gasteiger partial charge in [0.05, 0.1) is 22.7 Å². The van der Waals surface area contributed by atoms with E-state index >= 15 is 0 Å². The number of hydrogen-bond donors (Lipinski definition) is 2. The van der Waals surface area contributed by atoms with Crippen molar-refractivity contribution in [3.63, 3.8) is 0 Å². The number of amides is 3. The Morgan fingerprint density at radius 1 is 1.06 bits per heavy atom. The number of carbonyl (C=O) groups excluding carboxylic acids is 3. The molecule has 1 fully saturated rings. The highest BCUT2D eigenvalue weighted by molar-refractivity contribution is 7.92. The molecule has 1 saturated carbocycles. The first kappa shape index (κ1) is 25.0. The van der Waals surface area contributed by atoms with E-state index in [2.05, 4.69) is 17.2 Å². The zero-order valence-electron chi connectivity index (χ0n) is 18.6. The quantitative estimate of drug-likeness (QED) is 0.416. The molecule has 0 aromatic heterocycles. The molecule has 10 heteroatoms. The Kier molecular flexibility index (Phi) is 8.42. The Balaban J connectivity index is 1.64. The van der Waals surface area contributed by atoms with Gasteiger partial charge >= 0.3 is 12.0 Å². The van der Waals surface area contributed by atoms with Crippen molar-refractivity contribution in [2.75, 3.05) is 17.5 Å². The van der Waals surface area contributed by atoms with Crippen LogP contribution in [0.5, 0.6) is 0 Å². The lowest BCUT2D eigenvalue weighted by Gasteiger charge is -2.23. The van der Waals surface area contributed by atoms with E-state index in [1.807, 2.05) is 0 Å². The maximum absolute atomic E-state index is 13.2. The van der Waals surface area contributed by atoms with Gasteiger partial charge in [-0.3, -0.25) is 14.4 Å². The first-order valence-electron chi connectivity index (χ1n) is 10.9. The fourth-order valence-electron chi connectivity index (χ4n) is 3.63. The molecule has 0 radical (unpaired) electrons. The number of sulfonamides is 1. The molecule has 0 spiro atoms. The molecular formula is C24H27N3O6S. The number of nitrogens with zero attached hydrogens (tertiary/aromatic N) is 1. The molecule has 34 heavy (non-hydrogen) atoms. The van der Waals surface area contributed by atoms with Crippen LogP contribution in [-0.2, 0) is 19.6 Å². The number of urea groups is 1. The van der Waals surface area contributed by atoms with Crippen LogP contribution in [0.4, 0.5) is 10.5 Å². The largest absolute Gasteiger partial charge is 0.452 e. The first-order chi connectivity index (χ1) is 16.3. The summed E-state index contributed by atoms with van der Waals surface area (Å²) in [5.74, 6) is -1.67. The van der Waals surface area contributed by atoms with Crippen LogP contribution in [0.3, 0.4) is 0 Å². The number of anilines is 1. The van der Waals surface area contributed by atoms with Gasteiger partial charge in [-0.1, -0.05) is 43.2 Å². The third-order valence-corrected chi connectivity index (χ3v) is 7.06. The number of imide groups is 1. The fraction of sp³-hybridized carbons (Fsp3) is 0.292. The van der Waals surface area contributed by atoms with Gasteiger partial charge in [0.15, 0.2) is 6.61 Å². The number of nitrogens with one attached hydrogen (secondary N) is 2. The van der Waals surface area contributed by atoms with Crippen molar-refractivity contribution in [1.82, 2.24) is 10.6 Å². The molecule has 0 aliphatic heterocycles. The van der Waals surface area contributed by atoms with Crippen LogP contribution in [0.15, 0.2) is 72.1 Å². The van der Waals surface area contributed by atoms with Gasteiger partial charge in [0, 0.05) is 6.04 Å². The molecule has 2 aromatic carbocycles. The van der Waals surface area contributed by atoms with E-state index in [4.69, 9.17) is 4.74 Å². The Morgan fingerprint density at radius 3 is 2.44 bits per heavy atom. The summed E-state index contributed by atoms with van der Waals surface area (Å²) in [5.41, 5.74) is 0.402. The van der Waals surface area contributed by atoms with Crippen LogP contribution in [0.1, 0.15) is 36.0 Å². The van der Waals surface area contributed by atoms with Crippen molar-refractivity contribution >= 4 is 33.6 Å². The van der Waals surface area contributed by atoms with E-state index in [0.29, 0.717) is 5.69 Å². The molecule has 9 nitrogen and oxygen atoms in total. The van der Waals surface area contributed by atoms with Crippen LogP contribution in [0, 0.1) is 0 Å². The molecule has 0 bridgehead atoms. The number of esters is 1. The SMILES string of the molecule is C=CCN(c1ccccc1)S(=O)(=O)c1cccc(C(=O)OCC(=O)NC(=O)NC2CCCC2)c1. The standard InChI is InChI=1S/C24H27N3O6S/c1-2-15-27(20-12-4-3-5-13-20)34(31,32)21-14-8-9-18(16-21)23(29)33-17-22(28)26-24(30)25-19-10-6-7-11-19/h2-5,8-9,12-14,16,19H,1,6-7,10-11,15,17H2,(H2,25,26,28,30). The predicted molar refractivity (Wildman–Crippen MR) is 127 cm³/mol. The predicted octanol–water partition coefficient (Wildman–Crippen LogP) is 2.99. The highest BCUT2D eigenvalue weighted by atomic mass is 32.2. The lowest BCUT2D eigenvalue weighted by molar-refractivity contribution is -0.123. The Morgan fingerprint density at radius 2 is 1.76 bits per heavy atom. The maximum atomic E-state index is 13.2. The smallest absolute Gasteiger partial charge is 0.338 e. The highest BCUT2D eigenvalue weighted by Gasteiger charge is 2.25. The summed E-state index contributed by atoms with van der Waals surface area (Å²) < 4.78 is 32.6. The van der Waals surface area contributed by atoms with E-state index in [9.17, 15) is 22.8 Å². The van der Waals surface area contributed by atoms with Crippen LogP contribution < -0.4 is 14.9 Å². The molecule has 2 N–H and O–H groups in total. The Hall–Kier alpha value is -3.66. The van der Waals surface area contributed by atoms with Crippen molar-refractivity contribution in [3.8, 4) is 0 Å². The minimum absolute atomic E-state index is 0.0319. The van der Waals surface area contributed by atoms with E-state index < -0.39 is 34.5 Å². The Bertz CT molecular complexity index is 1140. The van der Waals surface area contributed by atoms with Gasteiger partial charge in [0.25, 0.3) is 15.9 Å². The number of rotatable bonds is 9. The third kappa shape index (κ3) is 6.44. The first-order valence-corrected chi connectivity index (χ1v) is 12.3. The molecule has 0 saturated heterocycles. The van der Waals surface area contributed by atoms with Gasteiger partial charge < -0.3 is 10.1 Å². The van der Waals surface area contributed by atoms with E-state index in [0.717, 1.165) is 25.7 Å². The lowest BCUT2D eigenvalue weighted by Crippen LogP contribution is -2.45. The topological polar surface area (TPSA) is 122 Å². The second-order valence-electron chi connectivity index (χ2n) is 7.77. The minimum atomic E-state index is -4.01. The number of hydrogen-bond acceptors (Lipinski definition) is 6. The molecule has 0 atom stereocenters. The summed E-state index contributed by atoms with van der Waals surface area (Å²) in [7, 11) is -4.01. The minimum Gasteiger partial charge on any atom is -0.452 e. The van der Waals surface area contributed by atoms with Gasteiger partial charge in [-0.15, -0.1) is 6.58 Å². The third-order valence-electron chi connectivity index (χ3n) is 5.27. The zero-order chi connectivity index (χ0) is 24.6. The van der Waals surface area contributed by atoms with Crippen LogP contribution in [0.25, 0.3) is 0 Å². The molecule has 2 aromatic rings. The van der Waals surface area contributed by atoms with Crippen LogP contribution in [0.2, 0.25) is 0 Å². The van der Waals surface area contributed by atoms with Crippen molar-refractivity contribution < 1.29 is 27.5 Å². The molecule has 3 rings (SSSR count). The van der Waals surface area contributed by atoms with E-state index in [-0.39, 0.29) is 23.0 Å². The van der Waals surface area contributed by atoms with Crippen LogP contribution in [-0.4, -0.2) is 45.5 Å². The zero-order valence-corrected chi connectivity index (χ0v) is 19.4. The normalized spacial score (nSPS) is 13.6. The summed E-state index contributed by atoms with van der Waals surface area (Å²) in [4.78, 5) is 36.1.